The lowest BCUT2D eigenvalue weighted by Gasteiger charge is -2.15. The van der Waals surface area contributed by atoms with Crippen molar-refractivity contribution in [1.82, 2.24) is 0 Å². The van der Waals surface area contributed by atoms with Gasteiger partial charge in [-0.05, 0) is 42.3 Å². The molecule has 1 atom stereocenters. The SMILES string of the molecule is COc1ccc(-c2cc(=O)oc3cc(O[C@H](C)C(=O)[O-])ccc23)cc1. The summed E-state index contributed by atoms with van der Waals surface area (Å²) in [5.41, 5.74) is 1.33. The Labute approximate surface area is 143 Å². The molecular formula is C19H15O6-. The molecule has 0 unspecified atom stereocenters. The Balaban J connectivity index is 2.07. The Morgan fingerprint density at radius 2 is 1.76 bits per heavy atom. The fourth-order valence-electron chi connectivity index (χ4n) is 2.48. The molecule has 0 saturated heterocycles. The van der Waals surface area contributed by atoms with Crippen molar-refractivity contribution in [1.29, 1.82) is 0 Å². The van der Waals surface area contributed by atoms with E-state index in [1.165, 1.54) is 19.1 Å². The van der Waals surface area contributed by atoms with Gasteiger partial charge in [0.25, 0.3) is 0 Å². The molecule has 3 aromatic rings. The zero-order valence-corrected chi connectivity index (χ0v) is 13.6. The van der Waals surface area contributed by atoms with Gasteiger partial charge >= 0.3 is 5.63 Å². The van der Waals surface area contributed by atoms with E-state index < -0.39 is 17.7 Å². The van der Waals surface area contributed by atoms with E-state index in [0.29, 0.717) is 22.3 Å². The van der Waals surface area contributed by atoms with Gasteiger partial charge in [-0.1, -0.05) is 12.1 Å². The summed E-state index contributed by atoms with van der Waals surface area (Å²) in [5, 5.41) is 11.5. The lowest BCUT2D eigenvalue weighted by molar-refractivity contribution is -0.312. The van der Waals surface area contributed by atoms with Crippen molar-refractivity contribution in [2.45, 2.75) is 13.0 Å². The highest BCUT2D eigenvalue weighted by Gasteiger charge is 2.11. The Hall–Kier alpha value is -3.28. The average Bonchev–Trinajstić information content (AvgIpc) is 2.60. The van der Waals surface area contributed by atoms with E-state index >= 15 is 0 Å². The van der Waals surface area contributed by atoms with Crippen LogP contribution in [0.2, 0.25) is 0 Å². The summed E-state index contributed by atoms with van der Waals surface area (Å²) in [7, 11) is 1.58. The predicted molar refractivity (Wildman–Crippen MR) is 89.6 cm³/mol. The Morgan fingerprint density at radius 3 is 2.40 bits per heavy atom. The Kier molecular flexibility index (Phi) is 4.43. The van der Waals surface area contributed by atoms with Crippen LogP contribution in [-0.2, 0) is 4.79 Å². The van der Waals surface area contributed by atoms with Crippen molar-refractivity contribution < 1.29 is 23.8 Å². The van der Waals surface area contributed by atoms with Crippen molar-refractivity contribution >= 4 is 16.9 Å². The average molecular weight is 339 g/mol. The van der Waals surface area contributed by atoms with Crippen LogP contribution >= 0.6 is 0 Å². The standard InChI is InChI=1S/C19H16O6/c1-11(19(21)22)24-14-7-8-15-16(10-18(20)25-17(15)9-14)12-3-5-13(23-2)6-4-12/h3-11H,1-2H3,(H,21,22)/p-1/t11-/m1/s1. The zero-order chi connectivity index (χ0) is 18.0. The lowest BCUT2D eigenvalue weighted by Crippen LogP contribution is -2.37. The van der Waals surface area contributed by atoms with Crippen LogP contribution in [0.3, 0.4) is 0 Å². The molecule has 0 aliphatic rings. The van der Waals surface area contributed by atoms with Gasteiger partial charge in [-0.2, -0.15) is 0 Å². The maximum atomic E-state index is 11.9. The molecule has 0 spiro atoms. The van der Waals surface area contributed by atoms with Gasteiger partial charge in [0.2, 0.25) is 0 Å². The second-order valence-electron chi connectivity index (χ2n) is 5.44. The highest BCUT2D eigenvalue weighted by molar-refractivity contribution is 5.93. The van der Waals surface area contributed by atoms with E-state index in [4.69, 9.17) is 13.9 Å². The number of carboxylic acid groups (broad SMARTS) is 1. The molecule has 128 valence electrons. The van der Waals surface area contributed by atoms with Crippen LogP contribution in [0.4, 0.5) is 0 Å². The number of benzene rings is 2. The predicted octanol–water partition coefficient (Wildman–Crippen LogP) is 1.99. The topological polar surface area (TPSA) is 88.8 Å². The number of carbonyl (C=O) groups excluding carboxylic acids is 1. The third-order valence-electron chi connectivity index (χ3n) is 3.76. The van der Waals surface area contributed by atoms with E-state index in [1.54, 1.807) is 31.4 Å². The number of carboxylic acids is 1. The minimum Gasteiger partial charge on any atom is -0.546 e. The fraction of sp³-hybridized carbons (Fsp3) is 0.158. The van der Waals surface area contributed by atoms with Gasteiger partial charge in [-0.15, -0.1) is 0 Å². The van der Waals surface area contributed by atoms with Crippen molar-refractivity contribution in [3.63, 3.8) is 0 Å². The molecule has 0 saturated carbocycles. The van der Waals surface area contributed by atoms with Gasteiger partial charge in [0.15, 0.2) is 0 Å². The number of hydrogen-bond donors (Lipinski definition) is 0. The van der Waals surface area contributed by atoms with Crippen LogP contribution in [0, 0.1) is 0 Å². The van der Waals surface area contributed by atoms with Gasteiger partial charge < -0.3 is 23.8 Å². The summed E-state index contributed by atoms with van der Waals surface area (Å²) in [4.78, 5) is 22.7. The number of ether oxygens (including phenoxy) is 2. The normalized spacial score (nSPS) is 11.9. The van der Waals surface area contributed by atoms with E-state index in [2.05, 4.69) is 0 Å². The molecule has 0 fully saturated rings. The van der Waals surface area contributed by atoms with E-state index in [9.17, 15) is 14.7 Å². The van der Waals surface area contributed by atoms with Crippen LogP contribution in [0.25, 0.3) is 22.1 Å². The third-order valence-corrected chi connectivity index (χ3v) is 3.76. The van der Waals surface area contributed by atoms with Gasteiger partial charge in [0, 0.05) is 17.5 Å². The van der Waals surface area contributed by atoms with E-state index in [-0.39, 0.29) is 5.75 Å². The summed E-state index contributed by atoms with van der Waals surface area (Å²) < 4.78 is 15.6. The highest BCUT2D eigenvalue weighted by Crippen LogP contribution is 2.30. The second-order valence-corrected chi connectivity index (χ2v) is 5.44. The van der Waals surface area contributed by atoms with Crippen LogP contribution in [0.1, 0.15) is 6.92 Å². The van der Waals surface area contributed by atoms with E-state index in [0.717, 1.165) is 5.56 Å². The van der Waals surface area contributed by atoms with Gasteiger partial charge in [0.1, 0.15) is 23.2 Å². The molecule has 0 bridgehead atoms. The molecular weight excluding hydrogens is 324 g/mol. The second kappa shape index (κ2) is 6.68. The number of carbonyl (C=O) groups is 1. The molecule has 1 aromatic heterocycles. The third kappa shape index (κ3) is 3.47. The maximum absolute atomic E-state index is 11.9. The number of rotatable bonds is 5. The highest BCUT2D eigenvalue weighted by atomic mass is 16.5. The molecule has 25 heavy (non-hydrogen) atoms. The van der Waals surface area contributed by atoms with Crippen LogP contribution in [0.5, 0.6) is 11.5 Å². The van der Waals surface area contributed by atoms with Gasteiger partial charge in [0.05, 0.1) is 13.1 Å². The molecule has 1 heterocycles. The number of fused-ring (bicyclic) bond motifs is 1. The van der Waals surface area contributed by atoms with Crippen molar-refractivity contribution in [2.24, 2.45) is 0 Å². The molecule has 0 aliphatic carbocycles. The molecule has 3 rings (SSSR count). The molecule has 0 amide bonds. The molecule has 6 nitrogen and oxygen atoms in total. The number of aliphatic carboxylic acids is 1. The van der Waals surface area contributed by atoms with Crippen molar-refractivity contribution in [3.8, 4) is 22.6 Å². The van der Waals surface area contributed by atoms with Crippen molar-refractivity contribution in [2.75, 3.05) is 7.11 Å². The number of hydrogen-bond acceptors (Lipinski definition) is 6. The summed E-state index contributed by atoms with van der Waals surface area (Å²) in [5.74, 6) is -0.337. The Bertz CT molecular complexity index is 971. The first-order chi connectivity index (χ1) is 12.0. The zero-order valence-electron chi connectivity index (χ0n) is 13.6. The molecule has 0 N–H and O–H groups in total. The van der Waals surface area contributed by atoms with Crippen LogP contribution in [0.15, 0.2) is 57.7 Å². The molecule has 0 radical (unpaired) electrons. The summed E-state index contributed by atoms with van der Waals surface area (Å²) in [6.07, 6.45) is -1.12. The molecule has 2 aromatic carbocycles. The molecule has 6 heteroatoms. The smallest absolute Gasteiger partial charge is 0.336 e. The van der Waals surface area contributed by atoms with Gasteiger partial charge in [-0.25, -0.2) is 4.79 Å². The maximum Gasteiger partial charge on any atom is 0.336 e. The quantitative estimate of drug-likeness (QED) is 0.661. The molecule has 0 aliphatic heterocycles. The lowest BCUT2D eigenvalue weighted by atomic mass is 10.0. The summed E-state index contributed by atoms with van der Waals surface area (Å²) >= 11 is 0. The first-order valence-corrected chi connectivity index (χ1v) is 7.58. The van der Waals surface area contributed by atoms with Crippen molar-refractivity contribution in [3.05, 3.63) is 59.0 Å². The summed E-state index contributed by atoms with van der Waals surface area (Å²) in [6.45, 7) is 1.36. The fourth-order valence-corrected chi connectivity index (χ4v) is 2.48. The monoisotopic (exact) mass is 339 g/mol. The van der Waals surface area contributed by atoms with Gasteiger partial charge in [-0.3, -0.25) is 0 Å². The van der Waals surface area contributed by atoms with E-state index in [1.807, 2.05) is 12.1 Å². The number of methoxy groups -OCH3 is 1. The minimum absolute atomic E-state index is 0.277. The minimum atomic E-state index is -1.33. The largest absolute Gasteiger partial charge is 0.546 e. The van der Waals surface area contributed by atoms with Crippen LogP contribution in [-0.4, -0.2) is 19.2 Å². The Morgan fingerprint density at radius 1 is 1.08 bits per heavy atom. The van der Waals surface area contributed by atoms with Crippen LogP contribution < -0.4 is 20.2 Å². The summed E-state index contributed by atoms with van der Waals surface area (Å²) in [6, 6.07) is 13.5. The first-order valence-electron chi connectivity index (χ1n) is 7.58. The first kappa shape index (κ1) is 16.6.